The number of carbonyl (C=O) groups is 1. The van der Waals surface area contributed by atoms with Gasteiger partial charge >= 0.3 is 14.2 Å². The first kappa shape index (κ1) is 33.5. The van der Waals surface area contributed by atoms with Crippen LogP contribution in [0.2, 0.25) is 0 Å². The second-order valence-corrected chi connectivity index (χ2v) is 14.2. The fourth-order valence-corrected chi connectivity index (χ4v) is 7.73. The van der Waals surface area contributed by atoms with E-state index in [0.717, 1.165) is 45.0 Å². The molecule has 8 nitrogen and oxygen atoms in total. The van der Waals surface area contributed by atoms with Gasteiger partial charge in [0.25, 0.3) is 0 Å². The zero-order valence-electron chi connectivity index (χ0n) is 28.5. The van der Waals surface area contributed by atoms with E-state index in [9.17, 15) is 30.0 Å². The topological polar surface area (TPSA) is 124 Å². The Morgan fingerprint density at radius 3 is 1.92 bits per heavy atom. The number of rotatable bonds is 8. The van der Waals surface area contributed by atoms with Gasteiger partial charge in [-0.3, -0.25) is 4.79 Å². The van der Waals surface area contributed by atoms with Gasteiger partial charge in [0.2, 0.25) is 11.5 Å². The molecule has 0 saturated heterocycles. The molecule has 0 aromatic heterocycles. The molecule has 0 amide bonds. The van der Waals surface area contributed by atoms with Crippen molar-refractivity contribution in [1.29, 1.82) is 0 Å². The predicted molar refractivity (Wildman–Crippen MR) is 197 cm³/mol. The summed E-state index contributed by atoms with van der Waals surface area (Å²) in [5, 5.41) is 51.9. The first-order valence-corrected chi connectivity index (χ1v) is 16.7. The maximum Gasteiger partial charge on any atom is 0.488 e. The Kier molecular flexibility index (Phi) is 8.31. The molecule has 250 valence electrons. The number of aliphatic hydroxyl groups excluding tert-OH is 1. The van der Waals surface area contributed by atoms with Gasteiger partial charge in [0.15, 0.2) is 12.3 Å². The highest BCUT2D eigenvalue weighted by Crippen LogP contribution is 2.50. The van der Waals surface area contributed by atoms with Crippen LogP contribution in [0.5, 0.6) is 0 Å². The second-order valence-electron chi connectivity index (χ2n) is 14.2. The minimum Gasteiger partial charge on any atom is -0.506 e. The van der Waals surface area contributed by atoms with Gasteiger partial charge in [0, 0.05) is 46.6 Å². The van der Waals surface area contributed by atoms with Crippen molar-refractivity contribution in [1.82, 2.24) is 0 Å². The molecule has 0 unspecified atom stereocenters. The van der Waals surface area contributed by atoms with E-state index in [1.54, 1.807) is 36.4 Å². The molecule has 2 heterocycles. The largest absolute Gasteiger partial charge is 0.506 e. The number of nitrogens with zero attached hydrogens (tertiary/aromatic N) is 2. The van der Waals surface area contributed by atoms with Crippen LogP contribution in [0.3, 0.4) is 0 Å². The molecule has 0 bridgehead atoms. The molecule has 1 aliphatic carbocycles. The Morgan fingerprint density at radius 2 is 1.26 bits per heavy atom. The number of hydrogen-bond donors (Lipinski definition) is 5. The van der Waals surface area contributed by atoms with Crippen LogP contribution in [0.4, 0.5) is 11.4 Å². The number of hydrogen-bond acceptors (Lipinski definition) is 7. The van der Waals surface area contributed by atoms with E-state index in [1.165, 1.54) is 0 Å². The lowest BCUT2D eigenvalue weighted by Crippen LogP contribution is -2.36. The van der Waals surface area contributed by atoms with Gasteiger partial charge < -0.3 is 30.1 Å². The predicted octanol–water partition coefficient (Wildman–Crippen LogP) is 3.83. The van der Waals surface area contributed by atoms with Gasteiger partial charge in [-0.05, 0) is 48.0 Å². The van der Waals surface area contributed by atoms with Crippen LogP contribution in [-0.4, -0.2) is 55.5 Å². The molecule has 4 aromatic carbocycles. The van der Waals surface area contributed by atoms with Crippen LogP contribution in [0.15, 0.2) is 132 Å². The minimum absolute atomic E-state index is 0.0919. The molecule has 0 radical (unpaired) electrons. The highest BCUT2D eigenvalue weighted by molar-refractivity contribution is 6.59. The van der Waals surface area contributed by atoms with E-state index >= 15 is 0 Å². The Hall–Kier alpha value is -4.99. The number of aliphatic hydroxyl groups is 1. The van der Waals surface area contributed by atoms with Crippen molar-refractivity contribution in [3.05, 3.63) is 154 Å². The SMILES string of the molecule is CC1(C)C(=CC2=C(O)C(=CC3=[N+](Cc4ccccc4B(O)O)c4ccccc4C3(C)C)C2=O)N(Cc2ccccc2B(O)O)c2ccccc21. The number of para-hydroxylation sites is 2. The normalized spacial score (nSPS) is 18.9. The van der Waals surface area contributed by atoms with Crippen molar-refractivity contribution in [3.8, 4) is 0 Å². The van der Waals surface area contributed by atoms with Crippen molar-refractivity contribution in [3.63, 3.8) is 0 Å². The van der Waals surface area contributed by atoms with Gasteiger partial charge in [-0.25, -0.2) is 0 Å². The van der Waals surface area contributed by atoms with E-state index in [0.29, 0.717) is 24.0 Å². The molecule has 0 atom stereocenters. The molecule has 5 N–H and O–H groups in total. The molecule has 2 aliphatic heterocycles. The third kappa shape index (κ3) is 5.36. The number of anilines is 1. The number of carbonyl (C=O) groups excluding carboxylic acids is 1. The van der Waals surface area contributed by atoms with Gasteiger partial charge in [0.05, 0.1) is 16.6 Å². The maximum atomic E-state index is 14.0. The van der Waals surface area contributed by atoms with Crippen LogP contribution >= 0.6 is 0 Å². The lowest BCUT2D eigenvalue weighted by molar-refractivity contribution is -0.454. The number of benzene rings is 4. The van der Waals surface area contributed by atoms with Crippen molar-refractivity contribution < 1.29 is 34.6 Å². The summed E-state index contributed by atoms with van der Waals surface area (Å²) in [6.45, 7) is 8.97. The zero-order valence-corrected chi connectivity index (χ0v) is 28.5. The Balaban J connectivity index is 1.33. The number of allylic oxidation sites excluding steroid dienone is 5. The summed E-state index contributed by atoms with van der Waals surface area (Å²) in [4.78, 5) is 16.1. The second kappa shape index (κ2) is 12.4. The van der Waals surface area contributed by atoms with Crippen LogP contribution < -0.4 is 15.8 Å². The summed E-state index contributed by atoms with van der Waals surface area (Å²) >= 11 is 0. The van der Waals surface area contributed by atoms with E-state index in [2.05, 4.69) is 49.3 Å². The van der Waals surface area contributed by atoms with Gasteiger partial charge in [-0.1, -0.05) is 98.8 Å². The first-order chi connectivity index (χ1) is 23.8. The lowest BCUT2D eigenvalue weighted by atomic mass is 9.76. The molecule has 0 fully saturated rings. The number of ketones is 1. The summed E-state index contributed by atoms with van der Waals surface area (Å²) in [5.41, 5.74) is 7.24. The minimum atomic E-state index is -1.64. The van der Waals surface area contributed by atoms with Crippen molar-refractivity contribution in [2.45, 2.75) is 51.6 Å². The quantitative estimate of drug-likeness (QED) is 0.110. The van der Waals surface area contributed by atoms with Crippen LogP contribution in [-0.2, 0) is 28.7 Å². The molecule has 10 heteroatoms. The molecule has 7 rings (SSSR count). The maximum absolute atomic E-state index is 14.0. The molecule has 0 saturated carbocycles. The summed E-state index contributed by atoms with van der Waals surface area (Å²) in [7, 11) is -3.27. The fourth-order valence-electron chi connectivity index (χ4n) is 7.73. The Bertz CT molecular complexity index is 2180. The smallest absolute Gasteiger partial charge is 0.488 e. The van der Waals surface area contributed by atoms with Gasteiger partial charge in [-0.2, -0.15) is 4.58 Å². The van der Waals surface area contributed by atoms with Crippen LogP contribution in [0.25, 0.3) is 0 Å². The molecule has 50 heavy (non-hydrogen) atoms. The first-order valence-electron chi connectivity index (χ1n) is 16.7. The van der Waals surface area contributed by atoms with E-state index in [-0.39, 0.29) is 22.7 Å². The third-order valence-corrected chi connectivity index (χ3v) is 10.5. The Morgan fingerprint density at radius 1 is 0.700 bits per heavy atom. The summed E-state index contributed by atoms with van der Waals surface area (Å²) in [5.74, 6) is -0.371. The molecule has 4 aromatic rings. The standard InChI is InChI=1S/C40H38B2N2O6/c1-39(2)29-15-7-11-19-33(29)43(23-25-13-5-9-17-31(25)41(47)48)35(39)21-27-37(45)28(38(27)46)22-36-40(3,4)30-16-8-12-20-34(30)44(36)24-26-14-6-10-18-32(26)42(49)50/h5-22,47-50H,23-24H2,1-4H3/p+1. The van der Waals surface area contributed by atoms with Crippen LogP contribution in [0, 0.1) is 0 Å². The molecule has 0 spiro atoms. The third-order valence-electron chi connectivity index (χ3n) is 10.5. The summed E-state index contributed by atoms with van der Waals surface area (Å²) in [6, 6.07) is 30.3. The highest BCUT2D eigenvalue weighted by atomic mass is 16.4. The fraction of sp³-hybridized carbons (Fsp3) is 0.200. The zero-order chi connectivity index (χ0) is 35.5. The lowest BCUT2D eigenvalue weighted by Gasteiger charge is -2.30. The van der Waals surface area contributed by atoms with Gasteiger partial charge in [-0.15, -0.1) is 0 Å². The molecular weight excluding hydrogens is 626 g/mol. The number of fused-ring (bicyclic) bond motifs is 2. The van der Waals surface area contributed by atoms with Crippen molar-refractivity contribution >= 4 is 48.0 Å². The van der Waals surface area contributed by atoms with E-state index in [1.807, 2.05) is 60.7 Å². The Labute approximate surface area is 292 Å². The summed E-state index contributed by atoms with van der Waals surface area (Å²) < 4.78 is 2.08. The monoisotopic (exact) mass is 665 g/mol. The van der Waals surface area contributed by atoms with Crippen molar-refractivity contribution in [2.75, 3.05) is 4.90 Å². The van der Waals surface area contributed by atoms with E-state index in [4.69, 9.17) is 0 Å². The molecule has 3 aliphatic rings. The average Bonchev–Trinajstić information content (AvgIpc) is 3.44. The number of Topliss-reactive ketones (excluding diaryl/α,β-unsaturated/α-hetero) is 1. The van der Waals surface area contributed by atoms with Crippen molar-refractivity contribution in [2.24, 2.45) is 0 Å². The molecular formula is C40H39B2N2O6+. The summed E-state index contributed by atoms with van der Waals surface area (Å²) in [6.07, 6.45) is 3.53. The van der Waals surface area contributed by atoms with E-state index < -0.39 is 25.1 Å². The van der Waals surface area contributed by atoms with Gasteiger partial charge in [0.1, 0.15) is 5.76 Å². The highest BCUT2D eigenvalue weighted by Gasteiger charge is 2.47. The van der Waals surface area contributed by atoms with Crippen LogP contribution in [0.1, 0.15) is 49.9 Å². The average molecular weight is 665 g/mol.